The molecule has 0 atom stereocenters. The summed E-state index contributed by atoms with van der Waals surface area (Å²) in [5.41, 5.74) is 8.48. The van der Waals surface area contributed by atoms with Gasteiger partial charge < -0.3 is 20.9 Å². The van der Waals surface area contributed by atoms with Crippen LogP contribution >= 0.6 is 0 Å². The van der Waals surface area contributed by atoms with Gasteiger partial charge in [-0.1, -0.05) is 24.3 Å². The first kappa shape index (κ1) is 20.7. The number of nitrogen functional groups attached to an aromatic ring is 1. The van der Waals surface area contributed by atoms with Crippen molar-refractivity contribution >= 4 is 23.4 Å². The van der Waals surface area contributed by atoms with E-state index in [1.165, 1.54) is 12.3 Å². The predicted molar refractivity (Wildman–Crippen MR) is 118 cm³/mol. The maximum Gasteiger partial charge on any atom is 0.354 e. The Morgan fingerprint density at radius 2 is 1.75 bits per heavy atom. The van der Waals surface area contributed by atoms with Crippen LogP contribution in [0.25, 0.3) is 11.3 Å². The Balaban J connectivity index is 1.49. The van der Waals surface area contributed by atoms with Crippen molar-refractivity contribution in [2.45, 2.75) is 6.67 Å². The molecule has 0 bridgehead atoms. The smallest absolute Gasteiger partial charge is 0.354 e. The summed E-state index contributed by atoms with van der Waals surface area (Å²) in [6, 6.07) is 18.6. The number of nitrogens with two attached hydrogens (primary N) is 1. The summed E-state index contributed by atoms with van der Waals surface area (Å²) >= 11 is 0. The van der Waals surface area contributed by atoms with E-state index >= 15 is 0 Å². The number of carbonyl (C=O) groups is 1. The minimum atomic E-state index is -1.13. The molecule has 32 heavy (non-hydrogen) atoms. The Kier molecular flexibility index (Phi) is 5.89. The largest absolute Gasteiger partial charge is 0.477 e. The van der Waals surface area contributed by atoms with Gasteiger partial charge in [0.1, 0.15) is 24.0 Å². The summed E-state index contributed by atoms with van der Waals surface area (Å²) in [5, 5.41) is 12.2. The van der Waals surface area contributed by atoms with Crippen LogP contribution in [0.5, 0.6) is 11.5 Å². The number of nitrogens with zero attached hydrogens (tertiary/aromatic N) is 3. The van der Waals surface area contributed by atoms with Gasteiger partial charge in [-0.3, -0.25) is 0 Å². The molecule has 0 amide bonds. The van der Waals surface area contributed by atoms with Gasteiger partial charge in [-0.25, -0.2) is 19.2 Å². The third kappa shape index (κ3) is 4.96. The van der Waals surface area contributed by atoms with E-state index in [1.807, 2.05) is 0 Å². The van der Waals surface area contributed by atoms with Crippen molar-refractivity contribution in [2.24, 2.45) is 0 Å². The Bertz CT molecular complexity index is 1250. The minimum Gasteiger partial charge on any atom is -0.477 e. The van der Waals surface area contributed by atoms with Gasteiger partial charge in [0.25, 0.3) is 0 Å². The van der Waals surface area contributed by atoms with Crippen LogP contribution < -0.4 is 15.8 Å². The lowest BCUT2D eigenvalue weighted by molar-refractivity contribution is 0.0690. The normalized spacial score (nSPS) is 10.5. The van der Waals surface area contributed by atoms with Crippen LogP contribution in [0.3, 0.4) is 0 Å². The number of rotatable bonds is 7. The highest BCUT2D eigenvalue weighted by Crippen LogP contribution is 2.26. The average Bonchev–Trinajstić information content (AvgIpc) is 2.80. The number of aromatic nitrogens is 3. The zero-order valence-electron chi connectivity index (χ0n) is 16.7. The summed E-state index contributed by atoms with van der Waals surface area (Å²) in [4.78, 5) is 23.2. The Labute approximate surface area is 182 Å². The topological polar surface area (TPSA) is 123 Å². The molecule has 2 aromatic heterocycles. The van der Waals surface area contributed by atoms with E-state index in [0.717, 1.165) is 11.3 Å². The highest BCUT2D eigenvalue weighted by Gasteiger charge is 2.08. The number of halogens is 1. The first-order chi connectivity index (χ1) is 15.5. The molecule has 4 rings (SSSR count). The van der Waals surface area contributed by atoms with Crippen molar-refractivity contribution in [3.8, 4) is 22.8 Å². The van der Waals surface area contributed by atoms with Gasteiger partial charge >= 0.3 is 5.97 Å². The highest BCUT2D eigenvalue weighted by atomic mass is 19.1. The van der Waals surface area contributed by atoms with Crippen LogP contribution in [-0.4, -0.2) is 26.0 Å². The number of carboxylic acids is 1. The van der Waals surface area contributed by atoms with Gasteiger partial charge in [0.05, 0.1) is 5.69 Å². The average molecular weight is 431 g/mol. The number of anilines is 3. The number of hydrogen-bond acceptors (Lipinski definition) is 7. The van der Waals surface area contributed by atoms with Crippen LogP contribution in [0.4, 0.5) is 21.8 Å². The molecule has 0 spiro atoms. The Morgan fingerprint density at radius 3 is 2.44 bits per heavy atom. The van der Waals surface area contributed by atoms with Gasteiger partial charge in [-0.2, -0.15) is 4.98 Å². The van der Waals surface area contributed by atoms with Gasteiger partial charge in [0.2, 0.25) is 5.95 Å². The van der Waals surface area contributed by atoms with Crippen molar-refractivity contribution in [1.29, 1.82) is 0 Å². The van der Waals surface area contributed by atoms with E-state index in [2.05, 4.69) is 20.3 Å². The van der Waals surface area contributed by atoms with Crippen LogP contribution in [0.2, 0.25) is 0 Å². The lowest BCUT2D eigenvalue weighted by atomic mass is 10.1. The van der Waals surface area contributed by atoms with Crippen molar-refractivity contribution in [3.63, 3.8) is 0 Å². The molecular weight excluding hydrogens is 413 g/mol. The van der Waals surface area contributed by atoms with Gasteiger partial charge in [-0.05, 0) is 35.9 Å². The molecule has 0 fully saturated rings. The summed E-state index contributed by atoms with van der Waals surface area (Å²) < 4.78 is 18.4. The maximum atomic E-state index is 12.7. The Hall–Kier alpha value is -4.53. The second-order valence-corrected chi connectivity index (χ2v) is 6.76. The van der Waals surface area contributed by atoms with E-state index in [9.17, 15) is 9.18 Å². The summed E-state index contributed by atoms with van der Waals surface area (Å²) in [6.45, 7) is -0.527. The number of hydrogen-bond donors (Lipinski definition) is 3. The van der Waals surface area contributed by atoms with E-state index in [-0.39, 0.29) is 11.6 Å². The number of pyridine rings is 1. The second-order valence-electron chi connectivity index (χ2n) is 6.76. The number of ether oxygens (including phenoxy) is 1. The fourth-order valence-corrected chi connectivity index (χ4v) is 2.92. The number of carboxylic acid groups (broad SMARTS) is 1. The third-order valence-electron chi connectivity index (χ3n) is 4.46. The van der Waals surface area contributed by atoms with Crippen molar-refractivity contribution < 1.29 is 19.0 Å². The molecule has 0 unspecified atom stereocenters. The van der Waals surface area contributed by atoms with Crippen molar-refractivity contribution in [1.82, 2.24) is 15.0 Å². The van der Waals surface area contributed by atoms with Crippen LogP contribution in [0.1, 0.15) is 16.1 Å². The lowest BCUT2D eigenvalue weighted by Gasteiger charge is -2.10. The molecule has 9 heteroatoms. The summed E-state index contributed by atoms with van der Waals surface area (Å²) in [6.07, 6.45) is 1.37. The molecule has 2 heterocycles. The van der Waals surface area contributed by atoms with Crippen LogP contribution in [0, 0.1) is 0 Å². The standard InChI is InChI=1S/C23H18FN5O3/c24-13-14-1-3-15(4-2-14)19-12-21(29-23(25)28-19)27-16-5-7-17(8-6-16)32-18-9-10-26-20(11-18)22(30)31/h1-12H,13H2,(H,30,31)(H3,25,27,28,29). The Morgan fingerprint density at radius 1 is 1.00 bits per heavy atom. The van der Waals surface area contributed by atoms with Crippen molar-refractivity contribution in [3.05, 3.63) is 84.2 Å². The molecule has 8 nitrogen and oxygen atoms in total. The lowest BCUT2D eigenvalue weighted by Crippen LogP contribution is -2.01. The fourth-order valence-electron chi connectivity index (χ4n) is 2.92. The molecule has 0 saturated carbocycles. The van der Waals surface area contributed by atoms with Gasteiger partial charge in [-0.15, -0.1) is 0 Å². The second kappa shape index (κ2) is 9.09. The fraction of sp³-hybridized carbons (Fsp3) is 0.0435. The third-order valence-corrected chi connectivity index (χ3v) is 4.46. The number of nitrogens with one attached hydrogen (secondary N) is 1. The quantitative estimate of drug-likeness (QED) is 0.380. The zero-order chi connectivity index (χ0) is 22.5. The number of aromatic carboxylic acids is 1. The van der Waals surface area contributed by atoms with Gasteiger partial charge in [0, 0.05) is 29.6 Å². The molecule has 2 aromatic carbocycles. The first-order valence-corrected chi connectivity index (χ1v) is 9.54. The van der Waals surface area contributed by atoms with E-state index in [1.54, 1.807) is 60.7 Å². The molecular formula is C23H18FN5O3. The molecule has 160 valence electrons. The monoisotopic (exact) mass is 431 g/mol. The van der Waals surface area contributed by atoms with Crippen LogP contribution in [0.15, 0.2) is 72.9 Å². The predicted octanol–water partition coefficient (Wildman–Crippen LogP) is 4.82. The first-order valence-electron chi connectivity index (χ1n) is 9.54. The minimum absolute atomic E-state index is 0.0997. The van der Waals surface area contributed by atoms with E-state index < -0.39 is 12.6 Å². The molecule has 4 aromatic rings. The molecule has 4 N–H and O–H groups in total. The number of benzene rings is 2. The highest BCUT2D eigenvalue weighted by molar-refractivity contribution is 5.85. The van der Waals surface area contributed by atoms with Gasteiger partial charge in [0.15, 0.2) is 5.69 Å². The molecule has 0 aliphatic carbocycles. The SMILES string of the molecule is Nc1nc(Nc2ccc(Oc3ccnc(C(=O)O)c3)cc2)cc(-c2ccc(CF)cc2)n1. The van der Waals surface area contributed by atoms with Crippen molar-refractivity contribution in [2.75, 3.05) is 11.1 Å². The number of alkyl halides is 1. The van der Waals surface area contributed by atoms with Crippen LogP contribution in [-0.2, 0) is 6.67 Å². The zero-order valence-corrected chi connectivity index (χ0v) is 16.7. The maximum absolute atomic E-state index is 12.7. The van der Waals surface area contributed by atoms with E-state index in [0.29, 0.717) is 28.6 Å². The molecule has 0 aliphatic heterocycles. The van der Waals surface area contributed by atoms with E-state index in [4.69, 9.17) is 15.6 Å². The summed E-state index contributed by atoms with van der Waals surface area (Å²) in [7, 11) is 0. The molecule has 0 aliphatic rings. The summed E-state index contributed by atoms with van der Waals surface area (Å²) in [5.74, 6) is 0.360. The molecule has 0 saturated heterocycles. The molecule has 0 radical (unpaired) electrons.